The highest BCUT2D eigenvalue weighted by atomic mass is 16.5. The number of ether oxygens (including phenoxy) is 1. The Labute approximate surface area is 219 Å². The highest BCUT2D eigenvalue weighted by Gasteiger charge is 2.11. The van der Waals surface area contributed by atoms with Crippen molar-refractivity contribution in [1.82, 2.24) is 5.32 Å². The Hall–Kier alpha value is -2.37. The third-order valence-electron chi connectivity index (χ3n) is 5.81. The number of amides is 1. The van der Waals surface area contributed by atoms with E-state index in [1.165, 1.54) is 32.1 Å². The molecule has 2 N–H and O–H groups in total. The molecule has 0 heterocycles. The van der Waals surface area contributed by atoms with Crippen LogP contribution in [-0.4, -0.2) is 35.6 Å². The van der Waals surface area contributed by atoms with Crippen LogP contribution in [0.5, 0.6) is 0 Å². The monoisotopic (exact) mass is 505 g/mol. The van der Waals surface area contributed by atoms with E-state index in [9.17, 15) is 14.4 Å². The number of allylic oxidation sites excluding steroid dienone is 5. The van der Waals surface area contributed by atoms with E-state index >= 15 is 0 Å². The van der Waals surface area contributed by atoms with E-state index in [4.69, 9.17) is 9.84 Å². The van der Waals surface area contributed by atoms with Crippen LogP contribution in [0.15, 0.2) is 36.5 Å². The number of aliphatic carboxylic acids is 1. The van der Waals surface area contributed by atoms with Crippen molar-refractivity contribution in [2.75, 3.05) is 6.54 Å². The number of carboxylic acid groups (broad SMARTS) is 1. The lowest BCUT2D eigenvalue weighted by molar-refractivity contribution is -0.147. The molecule has 0 fully saturated rings. The molecule has 6 heteroatoms. The average molecular weight is 506 g/mol. The Kier molecular flexibility index (Phi) is 24.0. The molecule has 0 aliphatic rings. The molecular weight excluding hydrogens is 454 g/mol. The molecule has 1 atom stereocenters. The third-order valence-corrected chi connectivity index (χ3v) is 5.81. The number of nitrogens with one attached hydrogen (secondary N) is 1. The largest absolute Gasteiger partial charge is 0.480 e. The van der Waals surface area contributed by atoms with E-state index in [0.717, 1.165) is 64.2 Å². The molecule has 0 aromatic rings. The fourth-order valence-electron chi connectivity index (χ4n) is 3.74. The molecule has 0 aromatic carbocycles. The maximum absolute atomic E-state index is 12.4. The van der Waals surface area contributed by atoms with Gasteiger partial charge in [-0.15, -0.1) is 0 Å². The highest BCUT2D eigenvalue weighted by molar-refractivity contribution is 5.80. The second kappa shape index (κ2) is 25.7. The average Bonchev–Trinajstić information content (AvgIpc) is 2.85. The number of hydrogen-bond donors (Lipinski definition) is 2. The van der Waals surface area contributed by atoms with Crippen LogP contribution in [0, 0.1) is 0 Å². The van der Waals surface area contributed by atoms with Gasteiger partial charge in [-0.1, -0.05) is 95.6 Å². The molecule has 0 spiro atoms. The summed E-state index contributed by atoms with van der Waals surface area (Å²) in [4.78, 5) is 34.4. The van der Waals surface area contributed by atoms with Gasteiger partial charge in [0, 0.05) is 12.8 Å². The van der Waals surface area contributed by atoms with Crippen LogP contribution < -0.4 is 5.32 Å². The van der Waals surface area contributed by atoms with Gasteiger partial charge in [0.15, 0.2) is 0 Å². The van der Waals surface area contributed by atoms with Crippen LogP contribution in [0.25, 0.3) is 0 Å². The molecule has 0 radical (unpaired) electrons. The molecule has 6 nitrogen and oxygen atoms in total. The molecule has 0 aliphatic carbocycles. The van der Waals surface area contributed by atoms with Crippen molar-refractivity contribution in [2.45, 2.75) is 129 Å². The number of carboxylic acids is 1. The zero-order chi connectivity index (χ0) is 26.7. The van der Waals surface area contributed by atoms with Gasteiger partial charge < -0.3 is 15.2 Å². The van der Waals surface area contributed by atoms with Gasteiger partial charge in [-0.25, -0.2) is 0 Å². The topological polar surface area (TPSA) is 92.7 Å². The Morgan fingerprint density at radius 3 is 2.00 bits per heavy atom. The molecule has 0 saturated heterocycles. The number of esters is 1. The van der Waals surface area contributed by atoms with Crippen molar-refractivity contribution < 1.29 is 24.2 Å². The number of unbranched alkanes of at least 4 members (excludes halogenated alkanes) is 9. The summed E-state index contributed by atoms with van der Waals surface area (Å²) in [5.41, 5.74) is 0. The van der Waals surface area contributed by atoms with Gasteiger partial charge in [-0.05, 0) is 51.0 Å². The summed E-state index contributed by atoms with van der Waals surface area (Å²) in [5.74, 6) is -1.38. The number of rotatable bonds is 24. The van der Waals surface area contributed by atoms with E-state index in [1.54, 1.807) is 0 Å². The van der Waals surface area contributed by atoms with Crippen molar-refractivity contribution >= 4 is 17.8 Å². The van der Waals surface area contributed by atoms with Gasteiger partial charge in [0.25, 0.3) is 0 Å². The summed E-state index contributed by atoms with van der Waals surface area (Å²) in [6, 6.07) is 0. The summed E-state index contributed by atoms with van der Waals surface area (Å²) >= 11 is 0. The second-order valence-corrected chi connectivity index (χ2v) is 9.27. The lowest BCUT2D eigenvalue weighted by Crippen LogP contribution is -2.28. The summed E-state index contributed by atoms with van der Waals surface area (Å²) in [5, 5.41) is 11.0. The predicted octanol–water partition coefficient (Wildman–Crippen LogP) is 7.44. The Bertz CT molecular complexity index is 654. The SMILES string of the molecule is CC/C=C\C/C=C\C/C=C\C(CCCCCCC(=O)NCC(=O)O)OC(=O)CCCCCCCCC. The van der Waals surface area contributed by atoms with Gasteiger partial charge in [-0.3, -0.25) is 14.4 Å². The van der Waals surface area contributed by atoms with Gasteiger partial charge in [0.2, 0.25) is 5.91 Å². The molecule has 0 aliphatic heterocycles. The second-order valence-electron chi connectivity index (χ2n) is 9.27. The molecule has 206 valence electrons. The predicted molar refractivity (Wildman–Crippen MR) is 148 cm³/mol. The summed E-state index contributed by atoms with van der Waals surface area (Å²) in [6.45, 7) is 4.00. The van der Waals surface area contributed by atoms with Crippen molar-refractivity contribution in [2.24, 2.45) is 0 Å². The molecule has 0 rings (SSSR count). The Morgan fingerprint density at radius 2 is 1.33 bits per heavy atom. The third kappa shape index (κ3) is 24.7. The molecular formula is C30H51NO5. The molecule has 1 amide bonds. The highest BCUT2D eigenvalue weighted by Crippen LogP contribution is 2.14. The van der Waals surface area contributed by atoms with E-state index < -0.39 is 5.97 Å². The standard InChI is InChI=1S/C30H51NO5/c1-3-5-7-9-11-13-14-18-22-27(36-30(35)25-21-15-12-10-8-6-4-2)23-19-16-17-20-24-28(32)31-26-29(33)34/h5,7,11,13,18,22,27H,3-4,6,8-10,12,14-17,19-21,23-26H2,1-2H3,(H,31,32)(H,33,34)/b7-5-,13-11-,22-18-. The Morgan fingerprint density at radius 1 is 0.750 bits per heavy atom. The van der Waals surface area contributed by atoms with Crippen LogP contribution >= 0.6 is 0 Å². The normalized spacial score (nSPS) is 12.5. The maximum Gasteiger partial charge on any atom is 0.322 e. The van der Waals surface area contributed by atoms with E-state index in [-0.39, 0.29) is 24.5 Å². The van der Waals surface area contributed by atoms with E-state index in [1.807, 2.05) is 6.08 Å². The summed E-state index contributed by atoms with van der Waals surface area (Å²) in [6.07, 6.45) is 28.5. The van der Waals surface area contributed by atoms with E-state index in [0.29, 0.717) is 12.8 Å². The van der Waals surface area contributed by atoms with Crippen molar-refractivity contribution in [1.29, 1.82) is 0 Å². The first-order valence-electron chi connectivity index (χ1n) is 14.1. The van der Waals surface area contributed by atoms with Gasteiger partial charge in [-0.2, -0.15) is 0 Å². The first-order chi connectivity index (χ1) is 17.5. The van der Waals surface area contributed by atoms with Gasteiger partial charge in [0.05, 0.1) is 0 Å². The lowest BCUT2D eigenvalue weighted by Gasteiger charge is -2.14. The van der Waals surface area contributed by atoms with Crippen LogP contribution in [0.2, 0.25) is 0 Å². The fraction of sp³-hybridized carbons (Fsp3) is 0.700. The molecule has 0 aromatic heterocycles. The van der Waals surface area contributed by atoms with Crippen LogP contribution in [0.1, 0.15) is 123 Å². The molecule has 36 heavy (non-hydrogen) atoms. The molecule has 0 saturated carbocycles. The first kappa shape index (κ1) is 33.6. The number of carbonyl (C=O) groups is 3. The van der Waals surface area contributed by atoms with Gasteiger partial charge >= 0.3 is 11.9 Å². The smallest absolute Gasteiger partial charge is 0.322 e. The summed E-state index contributed by atoms with van der Waals surface area (Å²) in [7, 11) is 0. The van der Waals surface area contributed by atoms with Crippen LogP contribution in [-0.2, 0) is 19.1 Å². The maximum atomic E-state index is 12.4. The summed E-state index contributed by atoms with van der Waals surface area (Å²) < 4.78 is 5.77. The van der Waals surface area contributed by atoms with Crippen molar-refractivity contribution in [3.8, 4) is 0 Å². The van der Waals surface area contributed by atoms with Gasteiger partial charge in [0.1, 0.15) is 12.6 Å². The van der Waals surface area contributed by atoms with Crippen molar-refractivity contribution in [3.05, 3.63) is 36.5 Å². The van der Waals surface area contributed by atoms with Crippen LogP contribution in [0.3, 0.4) is 0 Å². The minimum Gasteiger partial charge on any atom is -0.480 e. The van der Waals surface area contributed by atoms with Crippen LogP contribution in [0.4, 0.5) is 0 Å². The Balaban J connectivity index is 4.34. The fourth-order valence-corrected chi connectivity index (χ4v) is 3.74. The zero-order valence-electron chi connectivity index (χ0n) is 22.8. The minimum atomic E-state index is -1.03. The van der Waals surface area contributed by atoms with E-state index in [2.05, 4.69) is 49.5 Å². The first-order valence-corrected chi connectivity index (χ1v) is 14.1. The quantitative estimate of drug-likeness (QED) is 0.0808. The number of carbonyl (C=O) groups excluding carboxylic acids is 2. The zero-order valence-corrected chi connectivity index (χ0v) is 22.8. The lowest BCUT2D eigenvalue weighted by atomic mass is 10.1. The molecule has 1 unspecified atom stereocenters. The molecule has 0 bridgehead atoms. The minimum absolute atomic E-state index is 0.117. The number of hydrogen-bond acceptors (Lipinski definition) is 4. The van der Waals surface area contributed by atoms with Crippen molar-refractivity contribution in [3.63, 3.8) is 0 Å².